The molecule has 0 radical (unpaired) electrons. The number of rotatable bonds is 6. The molecule has 0 aromatic heterocycles. The minimum absolute atomic E-state index is 0.255. The maximum Gasteiger partial charge on any atom is 0.164 e. The Morgan fingerprint density at radius 1 is 1.00 bits per heavy atom. The van der Waals surface area contributed by atoms with Crippen molar-refractivity contribution in [1.29, 1.82) is 0 Å². The van der Waals surface area contributed by atoms with Gasteiger partial charge in [0, 0.05) is 18.5 Å². The molecular weight excluding hydrogens is 270 g/mol. The predicted octanol–water partition coefficient (Wildman–Crippen LogP) is 4.17. The first-order valence-electron chi connectivity index (χ1n) is 8.19. The van der Waals surface area contributed by atoms with Crippen molar-refractivity contribution in [2.75, 3.05) is 19.6 Å². The Balaban J connectivity index is 1.75. The average molecular weight is 293 g/mol. The summed E-state index contributed by atoms with van der Waals surface area (Å²) in [6.45, 7) is 7.14. The monoisotopic (exact) mass is 293 g/mol. The highest BCUT2D eigenvalue weighted by molar-refractivity contribution is 5.97. The van der Waals surface area contributed by atoms with Crippen molar-refractivity contribution in [2.24, 2.45) is 0 Å². The zero-order valence-electron chi connectivity index (χ0n) is 13.4. The first-order chi connectivity index (χ1) is 10.7. The second-order valence-corrected chi connectivity index (χ2v) is 5.91. The van der Waals surface area contributed by atoms with Gasteiger partial charge in [-0.05, 0) is 47.8 Å². The summed E-state index contributed by atoms with van der Waals surface area (Å²) in [5, 5.41) is 0. The van der Waals surface area contributed by atoms with E-state index >= 15 is 0 Å². The highest BCUT2D eigenvalue weighted by atomic mass is 16.1. The molecule has 2 aromatic carbocycles. The maximum absolute atomic E-state index is 12.4. The molecule has 2 nitrogen and oxygen atoms in total. The normalized spacial score (nSPS) is 12.3. The molecule has 0 saturated heterocycles. The van der Waals surface area contributed by atoms with Gasteiger partial charge in [-0.3, -0.25) is 4.79 Å². The van der Waals surface area contributed by atoms with Crippen molar-refractivity contribution >= 4 is 5.78 Å². The molecule has 0 aliphatic heterocycles. The van der Waals surface area contributed by atoms with Crippen LogP contribution in [0.4, 0.5) is 0 Å². The van der Waals surface area contributed by atoms with Gasteiger partial charge in [-0.15, -0.1) is 0 Å². The number of Topliss-reactive ketones (excluding diaryl/α,β-unsaturated/α-hetero) is 1. The second-order valence-electron chi connectivity index (χ2n) is 5.91. The molecule has 1 aliphatic carbocycles. The Labute approximate surface area is 132 Å². The van der Waals surface area contributed by atoms with Gasteiger partial charge in [-0.2, -0.15) is 0 Å². The van der Waals surface area contributed by atoms with Crippen LogP contribution in [0.25, 0.3) is 11.1 Å². The van der Waals surface area contributed by atoms with E-state index in [1.54, 1.807) is 0 Å². The molecule has 0 saturated carbocycles. The molecule has 0 unspecified atom stereocenters. The van der Waals surface area contributed by atoms with Gasteiger partial charge in [0.05, 0.1) is 0 Å². The van der Waals surface area contributed by atoms with E-state index in [1.807, 2.05) is 6.07 Å². The molecular formula is C20H23NO. The summed E-state index contributed by atoms with van der Waals surface area (Å²) in [5.41, 5.74) is 6.12. The second kappa shape index (κ2) is 6.45. The average Bonchev–Trinajstić information content (AvgIpc) is 2.93. The van der Waals surface area contributed by atoms with Crippen LogP contribution in [0, 0.1) is 0 Å². The largest absolute Gasteiger partial charge is 0.303 e. The van der Waals surface area contributed by atoms with Crippen molar-refractivity contribution < 1.29 is 4.79 Å². The minimum atomic E-state index is 0.255. The molecule has 0 bridgehead atoms. The van der Waals surface area contributed by atoms with E-state index in [0.29, 0.717) is 6.42 Å². The summed E-state index contributed by atoms with van der Waals surface area (Å²) in [4.78, 5) is 14.7. The summed E-state index contributed by atoms with van der Waals surface area (Å²) in [6, 6.07) is 14.7. The van der Waals surface area contributed by atoms with Crippen LogP contribution in [0.1, 0.15) is 41.8 Å². The van der Waals surface area contributed by atoms with Gasteiger partial charge in [0.1, 0.15) is 0 Å². The van der Waals surface area contributed by atoms with Gasteiger partial charge in [-0.25, -0.2) is 0 Å². The van der Waals surface area contributed by atoms with E-state index in [2.05, 4.69) is 55.1 Å². The number of carbonyl (C=O) groups excluding carboxylic acids is 1. The molecule has 0 N–H and O–H groups in total. The van der Waals surface area contributed by atoms with Crippen LogP contribution in [-0.4, -0.2) is 30.3 Å². The Kier molecular flexibility index (Phi) is 4.39. The van der Waals surface area contributed by atoms with Gasteiger partial charge >= 0.3 is 0 Å². The Morgan fingerprint density at radius 2 is 1.73 bits per heavy atom. The zero-order chi connectivity index (χ0) is 15.5. The zero-order valence-corrected chi connectivity index (χ0v) is 13.4. The van der Waals surface area contributed by atoms with E-state index in [1.165, 1.54) is 22.3 Å². The number of fused-ring (bicyclic) bond motifs is 3. The summed E-state index contributed by atoms with van der Waals surface area (Å²) in [7, 11) is 0. The van der Waals surface area contributed by atoms with Crippen LogP contribution in [0.2, 0.25) is 0 Å². The third-order valence-corrected chi connectivity index (χ3v) is 4.67. The summed E-state index contributed by atoms with van der Waals surface area (Å²) in [5.74, 6) is 0.255. The number of ketones is 1. The molecule has 0 amide bonds. The molecule has 1 aliphatic rings. The standard InChI is InChI=1S/C20H23NO/c1-3-21(4-2)12-11-20(22)16-9-10-19-17(14-16)13-15-7-5-6-8-18(15)19/h5-10,14H,3-4,11-13H2,1-2H3. The summed E-state index contributed by atoms with van der Waals surface area (Å²) >= 11 is 0. The van der Waals surface area contributed by atoms with Gasteiger partial charge in [0.15, 0.2) is 5.78 Å². The van der Waals surface area contributed by atoms with Crippen LogP contribution in [-0.2, 0) is 6.42 Å². The van der Waals surface area contributed by atoms with E-state index in [9.17, 15) is 4.79 Å². The SMILES string of the molecule is CCN(CC)CCC(=O)c1ccc2c(c1)Cc1ccccc1-2. The number of carbonyl (C=O) groups is 1. The van der Waals surface area contributed by atoms with E-state index in [0.717, 1.165) is 31.6 Å². The molecule has 2 aromatic rings. The first-order valence-corrected chi connectivity index (χ1v) is 8.19. The van der Waals surface area contributed by atoms with Crippen LogP contribution < -0.4 is 0 Å². The highest BCUT2D eigenvalue weighted by Gasteiger charge is 2.19. The highest BCUT2D eigenvalue weighted by Crippen LogP contribution is 2.36. The van der Waals surface area contributed by atoms with E-state index in [4.69, 9.17) is 0 Å². The quantitative estimate of drug-likeness (QED) is 0.636. The fourth-order valence-corrected chi connectivity index (χ4v) is 3.26. The van der Waals surface area contributed by atoms with Crippen LogP contribution >= 0.6 is 0 Å². The van der Waals surface area contributed by atoms with Crippen molar-refractivity contribution in [2.45, 2.75) is 26.7 Å². The molecule has 3 rings (SSSR count). The van der Waals surface area contributed by atoms with Crippen molar-refractivity contribution in [3.05, 3.63) is 59.2 Å². The molecule has 114 valence electrons. The third-order valence-electron chi connectivity index (χ3n) is 4.67. The molecule has 0 spiro atoms. The Bertz CT molecular complexity index is 686. The lowest BCUT2D eigenvalue weighted by atomic mass is 10.0. The van der Waals surface area contributed by atoms with Crippen LogP contribution in [0.3, 0.4) is 0 Å². The third kappa shape index (κ3) is 2.84. The number of nitrogens with zero attached hydrogens (tertiary/aromatic N) is 1. The smallest absolute Gasteiger partial charge is 0.164 e. The predicted molar refractivity (Wildman–Crippen MR) is 91.4 cm³/mol. The van der Waals surface area contributed by atoms with Gasteiger partial charge < -0.3 is 4.90 Å². The molecule has 0 heterocycles. The topological polar surface area (TPSA) is 20.3 Å². The van der Waals surface area contributed by atoms with Crippen LogP contribution in [0.15, 0.2) is 42.5 Å². The minimum Gasteiger partial charge on any atom is -0.303 e. The van der Waals surface area contributed by atoms with Gasteiger partial charge in [0.25, 0.3) is 0 Å². The van der Waals surface area contributed by atoms with E-state index < -0.39 is 0 Å². The van der Waals surface area contributed by atoms with Crippen molar-refractivity contribution in [3.8, 4) is 11.1 Å². The van der Waals surface area contributed by atoms with Crippen molar-refractivity contribution in [3.63, 3.8) is 0 Å². The maximum atomic E-state index is 12.4. The van der Waals surface area contributed by atoms with E-state index in [-0.39, 0.29) is 5.78 Å². The lowest BCUT2D eigenvalue weighted by molar-refractivity contribution is 0.0966. The summed E-state index contributed by atoms with van der Waals surface area (Å²) in [6.07, 6.45) is 1.55. The fraction of sp³-hybridized carbons (Fsp3) is 0.350. The van der Waals surface area contributed by atoms with Gasteiger partial charge in [-0.1, -0.05) is 50.2 Å². The lowest BCUT2D eigenvalue weighted by Crippen LogP contribution is -2.25. The molecule has 22 heavy (non-hydrogen) atoms. The number of hydrogen-bond donors (Lipinski definition) is 0. The summed E-state index contributed by atoms with van der Waals surface area (Å²) < 4.78 is 0. The number of hydrogen-bond acceptors (Lipinski definition) is 2. The molecule has 0 fully saturated rings. The lowest BCUT2D eigenvalue weighted by Gasteiger charge is -2.17. The first kappa shape index (κ1) is 15.0. The Morgan fingerprint density at radius 3 is 2.50 bits per heavy atom. The number of benzene rings is 2. The fourth-order valence-electron chi connectivity index (χ4n) is 3.26. The van der Waals surface area contributed by atoms with Crippen molar-refractivity contribution in [1.82, 2.24) is 4.90 Å². The molecule has 0 atom stereocenters. The van der Waals surface area contributed by atoms with Gasteiger partial charge in [0.2, 0.25) is 0 Å². The van der Waals surface area contributed by atoms with Crippen LogP contribution in [0.5, 0.6) is 0 Å². The molecule has 2 heteroatoms. The Hall–Kier alpha value is -1.93.